The molecule has 0 aliphatic rings. The Bertz CT molecular complexity index is 616. The molecule has 0 spiro atoms. The van der Waals surface area contributed by atoms with Gasteiger partial charge in [-0.3, -0.25) is 5.73 Å². The van der Waals surface area contributed by atoms with Gasteiger partial charge in [-0.05, 0) is 25.3 Å². The number of carbonyl (C=O) groups is 1. The average molecular weight is 332 g/mol. The molecular formula is C14H26N3O4S+. The van der Waals surface area contributed by atoms with Gasteiger partial charge in [0.05, 0.1) is 31.2 Å². The predicted octanol–water partition coefficient (Wildman–Crippen LogP) is 0.542. The molecule has 0 unspecified atom stereocenters. The maximum absolute atomic E-state index is 12.1. The Morgan fingerprint density at radius 2 is 1.91 bits per heavy atom. The Hall–Kier alpha value is -1.83. The standard InChI is InChI=1S/C14H25N3O4S/c1-8-21-13(18)12(10(4)9(2)3)11(5)16-14(15)17(6)22(7,19)20/h9H,4,8H2,1-3,5-7H3,(H2,15,16,18)/p+1. The van der Waals surface area contributed by atoms with Crippen LogP contribution in [0.4, 0.5) is 0 Å². The number of carbonyl (C=O) groups excluding carboxylic acids is 1. The summed E-state index contributed by atoms with van der Waals surface area (Å²) in [6.07, 6.45) is 1.03. The summed E-state index contributed by atoms with van der Waals surface area (Å²) in [5.41, 5.74) is 6.96. The minimum atomic E-state index is -3.49. The molecule has 0 bridgehead atoms. The quantitative estimate of drug-likeness (QED) is 0.184. The number of hydrogen-bond donors (Lipinski definition) is 2. The average Bonchev–Trinajstić information content (AvgIpc) is 2.36. The molecule has 0 atom stereocenters. The maximum Gasteiger partial charge on any atom is 0.362 e. The SMILES string of the molecule is C=C(C(C(=O)OCC)=C(C)NC(N)=[N+](C)S(C)(=O)=O)C(C)C. The molecule has 0 aromatic heterocycles. The molecule has 0 rings (SSSR count). The maximum atomic E-state index is 12.1. The molecule has 0 aliphatic heterocycles. The van der Waals surface area contributed by atoms with Crippen LogP contribution in [-0.2, 0) is 19.6 Å². The number of hydrogen-bond acceptors (Lipinski definition) is 4. The van der Waals surface area contributed by atoms with Crippen molar-refractivity contribution in [2.45, 2.75) is 27.7 Å². The fourth-order valence-corrected chi connectivity index (χ4v) is 1.93. The van der Waals surface area contributed by atoms with Crippen LogP contribution in [0, 0.1) is 5.92 Å². The third kappa shape index (κ3) is 5.51. The number of nitrogens with zero attached hydrogens (tertiary/aromatic N) is 1. The van der Waals surface area contributed by atoms with E-state index >= 15 is 0 Å². The number of esters is 1. The lowest BCUT2D eigenvalue weighted by Crippen LogP contribution is -2.41. The second-order valence-electron chi connectivity index (χ2n) is 5.14. The molecule has 0 aromatic carbocycles. The minimum Gasteiger partial charge on any atom is -0.462 e. The summed E-state index contributed by atoms with van der Waals surface area (Å²) in [6.45, 7) is 11.2. The molecule has 3 N–H and O–H groups in total. The van der Waals surface area contributed by atoms with E-state index in [4.69, 9.17) is 10.5 Å². The van der Waals surface area contributed by atoms with Crippen LogP contribution >= 0.6 is 0 Å². The molecule has 126 valence electrons. The molecule has 0 aliphatic carbocycles. The van der Waals surface area contributed by atoms with Gasteiger partial charge in [-0.2, -0.15) is 12.4 Å². The van der Waals surface area contributed by atoms with E-state index in [-0.39, 0.29) is 24.1 Å². The second-order valence-corrected chi connectivity index (χ2v) is 7.15. The highest BCUT2D eigenvalue weighted by atomic mass is 32.2. The van der Waals surface area contributed by atoms with Crippen LogP contribution in [0.15, 0.2) is 23.4 Å². The van der Waals surface area contributed by atoms with Crippen molar-refractivity contribution in [3.8, 4) is 0 Å². The third-order valence-corrected chi connectivity index (χ3v) is 4.22. The molecule has 0 saturated carbocycles. The normalized spacial score (nSPS) is 14.1. The number of ether oxygens (including phenoxy) is 1. The number of allylic oxidation sites excluding steroid dienone is 1. The summed E-state index contributed by atoms with van der Waals surface area (Å²) < 4.78 is 28.8. The van der Waals surface area contributed by atoms with Gasteiger partial charge in [-0.1, -0.05) is 20.4 Å². The largest absolute Gasteiger partial charge is 0.462 e. The fourth-order valence-electron chi connectivity index (χ4n) is 1.53. The van der Waals surface area contributed by atoms with E-state index < -0.39 is 16.0 Å². The lowest BCUT2D eigenvalue weighted by Gasteiger charge is -2.15. The van der Waals surface area contributed by atoms with E-state index in [2.05, 4.69) is 11.9 Å². The lowest BCUT2D eigenvalue weighted by molar-refractivity contribution is -0.329. The van der Waals surface area contributed by atoms with Gasteiger partial charge in [0.25, 0.3) is 10.0 Å². The lowest BCUT2D eigenvalue weighted by atomic mass is 9.95. The summed E-state index contributed by atoms with van der Waals surface area (Å²) in [5, 5.41) is 2.72. The third-order valence-electron chi connectivity index (χ3n) is 3.02. The van der Waals surface area contributed by atoms with Crippen LogP contribution in [0.3, 0.4) is 0 Å². The number of guanidine groups is 1. The molecule has 0 aromatic rings. The Kier molecular flexibility index (Phi) is 7.31. The Labute approximate surface area is 132 Å². The van der Waals surface area contributed by atoms with Gasteiger partial charge in [-0.15, -0.1) is 0 Å². The highest BCUT2D eigenvalue weighted by Gasteiger charge is 2.23. The van der Waals surface area contributed by atoms with Crippen LogP contribution in [0.5, 0.6) is 0 Å². The van der Waals surface area contributed by atoms with E-state index in [1.54, 1.807) is 13.8 Å². The van der Waals surface area contributed by atoms with Gasteiger partial charge in [0.2, 0.25) is 0 Å². The smallest absolute Gasteiger partial charge is 0.362 e. The van der Waals surface area contributed by atoms with Crippen molar-refractivity contribution in [3.05, 3.63) is 23.4 Å². The van der Waals surface area contributed by atoms with E-state index in [9.17, 15) is 13.2 Å². The van der Waals surface area contributed by atoms with Crippen molar-refractivity contribution in [1.29, 1.82) is 0 Å². The molecule has 0 fully saturated rings. The Morgan fingerprint density at radius 1 is 1.41 bits per heavy atom. The van der Waals surface area contributed by atoms with Gasteiger partial charge in [0, 0.05) is 0 Å². The van der Waals surface area contributed by atoms with E-state index in [1.807, 2.05) is 13.8 Å². The van der Waals surface area contributed by atoms with Crippen molar-refractivity contribution < 1.29 is 21.9 Å². The van der Waals surface area contributed by atoms with Crippen LogP contribution in [-0.4, -0.2) is 44.2 Å². The van der Waals surface area contributed by atoms with Gasteiger partial charge >= 0.3 is 11.9 Å². The molecule has 7 nitrogen and oxygen atoms in total. The van der Waals surface area contributed by atoms with Crippen molar-refractivity contribution in [3.63, 3.8) is 0 Å². The number of nitrogens with two attached hydrogens (primary N) is 1. The molecule has 8 heteroatoms. The topological polar surface area (TPSA) is 102 Å². The highest BCUT2D eigenvalue weighted by Crippen LogP contribution is 2.21. The van der Waals surface area contributed by atoms with E-state index in [0.717, 1.165) is 10.2 Å². The molecule has 0 radical (unpaired) electrons. The molecule has 0 amide bonds. The summed E-state index contributed by atoms with van der Waals surface area (Å²) in [5.74, 6) is -0.621. The highest BCUT2D eigenvalue weighted by molar-refractivity contribution is 7.84. The first-order valence-corrected chi connectivity index (χ1v) is 8.68. The van der Waals surface area contributed by atoms with Crippen molar-refractivity contribution in [2.75, 3.05) is 19.9 Å². The van der Waals surface area contributed by atoms with Gasteiger partial charge in [0.1, 0.15) is 0 Å². The zero-order valence-corrected chi connectivity index (χ0v) is 14.9. The number of rotatable bonds is 6. The summed E-state index contributed by atoms with van der Waals surface area (Å²) in [7, 11) is -2.18. The number of nitrogens with one attached hydrogen (secondary N) is 1. The molecule has 0 heterocycles. The van der Waals surface area contributed by atoms with E-state index in [1.165, 1.54) is 7.05 Å². The fraction of sp³-hybridized carbons (Fsp3) is 0.571. The zero-order chi connectivity index (χ0) is 17.7. The monoisotopic (exact) mass is 332 g/mol. The second kappa shape index (κ2) is 7.98. The molecule has 0 saturated heterocycles. The van der Waals surface area contributed by atoms with Crippen LogP contribution in [0.1, 0.15) is 27.7 Å². The summed E-state index contributed by atoms with van der Waals surface area (Å²) in [6, 6.07) is 0. The molecular weight excluding hydrogens is 306 g/mol. The van der Waals surface area contributed by atoms with Crippen molar-refractivity contribution in [1.82, 2.24) is 5.32 Å². The van der Waals surface area contributed by atoms with Crippen molar-refractivity contribution >= 4 is 22.0 Å². The van der Waals surface area contributed by atoms with Crippen LogP contribution in [0.25, 0.3) is 0 Å². The Balaban J connectivity index is 5.84. The van der Waals surface area contributed by atoms with Crippen LogP contribution < -0.4 is 11.1 Å². The summed E-state index contributed by atoms with van der Waals surface area (Å²) in [4.78, 5) is 12.1. The zero-order valence-electron chi connectivity index (χ0n) is 14.1. The predicted molar refractivity (Wildman–Crippen MR) is 86.7 cm³/mol. The van der Waals surface area contributed by atoms with Crippen LogP contribution in [0.2, 0.25) is 0 Å². The van der Waals surface area contributed by atoms with Crippen molar-refractivity contribution in [2.24, 2.45) is 11.7 Å². The molecule has 22 heavy (non-hydrogen) atoms. The number of sulfonamides is 1. The minimum absolute atomic E-state index is 0.0185. The Morgan fingerprint density at radius 3 is 2.27 bits per heavy atom. The van der Waals surface area contributed by atoms with E-state index in [0.29, 0.717) is 11.3 Å². The van der Waals surface area contributed by atoms with Gasteiger partial charge in [-0.25, -0.2) is 10.1 Å². The first-order chi connectivity index (χ1) is 9.93. The first kappa shape index (κ1) is 20.2. The first-order valence-electron chi connectivity index (χ1n) is 6.83. The van der Waals surface area contributed by atoms with Gasteiger partial charge < -0.3 is 4.74 Å². The van der Waals surface area contributed by atoms with Gasteiger partial charge in [0.15, 0.2) is 0 Å². The summed E-state index contributed by atoms with van der Waals surface area (Å²) >= 11 is 0.